The minimum absolute atomic E-state index is 0.0689. The van der Waals surface area contributed by atoms with E-state index in [4.69, 9.17) is 4.74 Å². The molecule has 42 heavy (non-hydrogen) atoms. The molecular weight excluding hydrogens is 557 g/mol. The second-order valence-corrected chi connectivity index (χ2v) is 12.2. The van der Waals surface area contributed by atoms with E-state index in [9.17, 15) is 22.4 Å². The normalized spacial score (nSPS) is 14.3. The van der Waals surface area contributed by atoms with Gasteiger partial charge in [-0.25, -0.2) is 12.8 Å². The highest BCUT2D eigenvalue weighted by molar-refractivity contribution is 7.92. The monoisotopic (exact) mass is 595 g/mol. The number of hydrogen-bond acceptors (Lipinski definition) is 5. The fourth-order valence-corrected chi connectivity index (χ4v) is 6.62. The van der Waals surface area contributed by atoms with Crippen LogP contribution in [0, 0.1) is 5.82 Å². The van der Waals surface area contributed by atoms with E-state index in [1.807, 2.05) is 44.2 Å². The van der Waals surface area contributed by atoms with Crippen LogP contribution in [0.4, 0.5) is 10.1 Å². The van der Waals surface area contributed by atoms with Crippen LogP contribution in [0.1, 0.15) is 51.5 Å². The Morgan fingerprint density at radius 3 is 2.19 bits per heavy atom. The molecule has 0 bridgehead atoms. The average molecular weight is 596 g/mol. The summed E-state index contributed by atoms with van der Waals surface area (Å²) in [7, 11) is -4.29. The van der Waals surface area contributed by atoms with E-state index in [0.717, 1.165) is 47.7 Å². The zero-order valence-corrected chi connectivity index (χ0v) is 24.9. The van der Waals surface area contributed by atoms with Crippen LogP contribution >= 0.6 is 0 Å². The van der Waals surface area contributed by atoms with Crippen LogP contribution in [-0.4, -0.2) is 50.4 Å². The van der Waals surface area contributed by atoms with Crippen molar-refractivity contribution in [3.05, 3.63) is 90.2 Å². The molecule has 1 N–H and O–H groups in total. The van der Waals surface area contributed by atoms with Gasteiger partial charge < -0.3 is 15.0 Å². The predicted octanol–water partition coefficient (Wildman–Crippen LogP) is 5.29. The Morgan fingerprint density at radius 2 is 1.60 bits per heavy atom. The zero-order valence-electron chi connectivity index (χ0n) is 24.0. The van der Waals surface area contributed by atoms with E-state index in [1.165, 1.54) is 17.0 Å². The van der Waals surface area contributed by atoms with Crippen LogP contribution in [0.15, 0.2) is 83.8 Å². The number of halogens is 1. The highest BCUT2D eigenvalue weighted by Gasteiger charge is 2.34. The van der Waals surface area contributed by atoms with Gasteiger partial charge in [0.15, 0.2) is 0 Å². The van der Waals surface area contributed by atoms with Gasteiger partial charge in [0.2, 0.25) is 11.8 Å². The minimum atomic E-state index is -4.29. The lowest BCUT2D eigenvalue weighted by Crippen LogP contribution is -2.53. The molecule has 4 rings (SSSR count). The third-order valence-corrected chi connectivity index (χ3v) is 9.19. The van der Waals surface area contributed by atoms with Crippen molar-refractivity contribution in [3.63, 3.8) is 0 Å². The summed E-state index contributed by atoms with van der Waals surface area (Å²) in [6.07, 6.45) is 4.25. The molecule has 1 fully saturated rings. The molecule has 10 heteroatoms. The lowest BCUT2D eigenvalue weighted by atomic mass is 10.1. The molecule has 3 aromatic rings. The number of rotatable bonds is 13. The second-order valence-electron chi connectivity index (χ2n) is 10.3. The summed E-state index contributed by atoms with van der Waals surface area (Å²) in [4.78, 5) is 28.9. The molecule has 1 aliphatic carbocycles. The number of hydrogen-bond donors (Lipinski definition) is 1. The first-order valence-electron chi connectivity index (χ1n) is 14.4. The van der Waals surface area contributed by atoms with Gasteiger partial charge in [-0.1, -0.05) is 50.1 Å². The highest BCUT2D eigenvalue weighted by atomic mass is 32.2. The van der Waals surface area contributed by atoms with Crippen molar-refractivity contribution in [2.45, 2.75) is 69.5 Å². The predicted molar refractivity (Wildman–Crippen MR) is 160 cm³/mol. The molecular formula is C32H38FN3O5S. The Bertz CT molecular complexity index is 1430. The van der Waals surface area contributed by atoms with Crippen molar-refractivity contribution in [1.29, 1.82) is 0 Å². The van der Waals surface area contributed by atoms with Gasteiger partial charge in [-0.15, -0.1) is 0 Å². The number of sulfonamides is 1. The van der Waals surface area contributed by atoms with Crippen molar-refractivity contribution < 1.29 is 27.1 Å². The lowest BCUT2D eigenvalue weighted by molar-refractivity contribution is -0.140. The zero-order chi connectivity index (χ0) is 30.1. The van der Waals surface area contributed by atoms with Crippen molar-refractivity contribution >= 4 is 27.5 Å². The van der Waals surface area contributed by atoms with Gasteiger partial charge in [-0.3, -0.25) is 13.9 Å². The summed E-state index contributed by atoms with van der Waals surface area (Å²) in [6.45, 7) is 3.68. The van der Waals surface area contributed by atoms with E-state index < -0.39 is 34.3 Å². The number of nitrogens with one attached hydrogen (secondary N) is 1. The van der Waals surface area contributed by atoms with Gasteiger partial charge in [0, 0.05) is 12.6 Å². The number of nitrogens with zero attached hydrogens (tertiary/aromatic N) is 2. The Balaban J connectivity index is 1.70. The molecule has 1 aliphatic rings. The highest BCUT2D eigenvalue weighted by Crippen LogP contribution is 2.27. The van der Waals surface area contributed by atoms with Gasteiger partial charge in [0.25, 0.3) is 10.0 Å². The van der Waals surface area contributed by atoms with Crippen LogP contribution in [0.25, 0.3) is 0 Å². The van der Waals surface area contributed by atoms with Crippen molar-refractivity contribution in [2.24, 2.45) is 0 Å². The molecule has 0 aliphatic heterocycles. The SMILES string of the molecule is CCOc1ccc(N(CC(=O)N(Cc2ccccc2)[C@H](CC)C(=O)NC2CCCC2)S(=O)(=O)c2ccc(F)cc2)cc1. The first-order chi connectivity index (χ1) is 20.2. The number of carbonyl (C=O) groups excluding carboxylic acids is 2. The molecule has 8 nitrogen and oxygen atoms in total. The van der Waals surface area contributed by atoms with Gasteiger partial charge >= 0.3 is 0 Å². The first-order valence-corrected chi connectivity index (χ1v) is 15.8. The lowest BCUT2D eigenvalue weighted by Gasteiger charge is -2.33. The smallest absolute Gasteiger partial charge is 0.264 e. The minimum Gasteiger partial charge on any atom is -0.494 e. The summed E-state index contributed by atoms with van der Waals surface area (Å²) in [5.41, 5.74) is 1.05. The third-order valence-electron chi connectivity index (χ3n) is 7.40. The fourth-order valence-electron chi connectivity index (χ4n) is 5.20. The molecule has 0 heterocycles. The summed E-state index contributed by atoms with van der Waals surface area (Å²) in [5, 5.41) is 3.10. The molecule has 2 amide bonds. The quantitative estimate of drug-likeness (QED) is 0.290. The average Bonchev–Trinajstić information content (AvgIpc) is 3.50. The second kappa shape index (κ2) is 14.3. The van der Waals surface area contributed by atoms with Gasteiger partial charge in [0.1, 0.15) is 24.2 Å². The maximum Gasteiger partial charge on any atom is 0.264 e. The molecule has 1 saturated carbocycles. The van der Waals surface area contributed by atoms with Crippen LogP contribution in [0.5, 0.6) is 5.75 Å². The van der Waals surface area contributed by atoms with Gasteiger partial charge in [-0.2, -0.15) is 0 Å². The number of anilines is 1. The maximum atomic E-state index is 14.1. The standard InChI is InChI=1S/C32H38FN3O5S/c1-3-30(32(38)34-26-12-8-9-13-26)35(22-24-10-6-5-7-11-24)31(37)23-36(27-16-18-28(19-17-27)41-4-2)42(39,40)29-20-14-25(33)15-21-29/h5-7,10-11,14-21,26,30H,3-4,8-9,12-13,22-23H2,1-2H3,(H,34,38)/t30-/m1/s1. The number of ether oxygens (including phenoxy) is 1. The summed E-state index contributed by atoms with van der Waals surface area (Å²) in [6, 6.07) is 19.4. The Labute approximate surface area is 247 Å². The molecule has 0 saturated heterocycles. The summed E-state index contributed by atoms with van der Waals surface area (Å²) < 4.78 is 48.0. The van der Waals surface area contributed by atoms with Crippen molar-refractivity contribution in [1.82, 2.24) is 10.2 Å². The number of amides is 2. The molecule has 0 spiro atoms. The molecule has 224 valence electrons. The van der Waals surface area contributed by atoms with E-state index in [1.54, 1.807) is 24.3 Å². The Morgan fingerprint density at radius 1 is 0.952 bits per heavy atom. The van der Waals surface area contributed by atoms with Gasteiger partial charge in [0.05, 0.1) is 17.2 Å². The van der Waals surface area contributed by atoms with Crippen LogP contribution < -0.4 is 14.4 Å². The number of carbonyl (C=O) groups is 2. The van der Waals surface area contributed by atoms with E-state index >= 15 is 0 Å². The van der Waals surface area contributed by atoms with Crippen LogP contribution in [0.3, 0.4) is 0 Å². The Kier molecular flexibility index (Phi) is 10.6. The summed E-state index contributed by atoms with van der Waals surface area (Å²) in [5.74, 6) is -0.813. The van der Waals surface area contributed by atoms with Crippen molar-refractivity contribution in [3.8, 4) is 5.75 Å². The molecule has 0 radical (unpaired) electrons. The van der Waals surface area contributed by atoms with Crippen molar-refractivity contribution in [2.75, 3.05) is 17.5 Å². The van der Waals surface area contributed by atoms with E-state index in [0.29, 0.717) is 18.8 Å². The van der Waals surface area contributed by atoms with Crippen LogP contribution in [-0.2, 0) is 26.2 Å². The van der Waals surface area contributed by atoms with Crippen LogP contribution in [0.2, 0.25) is 0 Å². The molecule has 0 unspecified atom stereocenters. The largest absolute Gasteiger partial charge is 0.494 e. The first kappa shape index (κ1) is 31.0. The fraction of sp³-hybridized carbons (Fsp3) is 0.375. The number of benzene rings is 3. The maximum absolute atomic E-state index is 14.1. The topological polar surface area (TPSA) is 96.0 Å². The van der Waals surface area contributed by atoms with E-state index in [-0.39, 0.29) is 29.1 Å². The van der Waals surface area contributed by atoms with E-state index in [2.05, 4.69) is 5.32 Å². The third kappa shape index (κ3) is 7.67. The Hall–Kier alpha value is -3.92. The molecule has 1 atom stereocenters. The molecule has 0 aromatic heterocycles. The summed E-state index contributed by atoms with van der Waals surface area (Å²) >= 11 is 0. The molecule has 3 aromatic carbocycles. The van der Waals surface area contributed by atoms with Gasteiger partial charge in [-0.05, 0) is 80.3 Å².